The number of thioether (sulfide) groups is 1. The molecule has 0 aliphatic carbocycles. The average molecular weight is 463 g/mol. The van der Waals surface area contributed by atoms with Crippen LogP contribution < -0.4 is 9.64 Å². The van der Waals surface area contributed by atoms with E-state index in [2.05, 4.69) is 31.2 Å². The largest absolute Gasteiger partial charge is 0.497 e. The number of carbonyl (C=O) groups excluding carboxylic acids is 1. The minimum absolute atomic E-state index is 0.101. The first-order chi connectivity index (χ1) is 15.6. The fourth-order valence-corrected chi connectivity index (χ4v) is 5.21. The van der Waals surface area contributed by atoms with E-state index < -0.39 is 0 Å². The molecule has 0 saturated carbocycles. The molecule has 1 amide bonds. The Bertz CT molecular complexity index is 1170. The normalized spacial score (nSPS) is 10.9. The number of thiazole rings is 1. The first kappa shape index (κ1) is 22.4. The van der Waals surface area contributed by atoms with Crippen LogP contribution in [0.4, 0.5) is 5.13 Å². The molecular formula is C26H26N2O2S2. The number of aryl methyl sites for hydroxylation is 1. The molecule has 0 bridgehead atoms. The van der Waals surface area contributed by atoms with E-state index in [9.17, 15) is 4.79 Å². The summed E-state index contributed by atoms with van der Waals surface area (Å²) in [6.45, 7) is 2.61. The fraction of sp³-hybridized carbons (Fsp3) is 0.231. The molecule has 0 N–H and O–H groups in total. The van der Waals surface area contributed by atoms with Gasteiger partial charge in [-0.05, 0) is 55.0 Å². The summed E-state index contributed by atoms with van der Waals surface area (Å²) < 4.78 is 6.35. The van der Waals surface area contributed by atoms with E-state index in [1.807, 2.05) is 53.4 Å². The Morgan fingerprint density at radius 1 is 1.06 bits per heavy atom. The third-order valence-electron chi connectivity index (χ3n) is 5.12. The Kier molecular flexibility index (Phi) is 7.45. The van der Waals surface area contributed by atoms with Crippen LogP contribution in [0.25, 0.3) is 10.2 Å². The summed E-state index contributed by atoms with van der Waals surface area (Å²) in [6.07, 6.45) is 1.31. The molecule has 1 heterocycles. The van der Waals surface area contributed by atoms with Gasteiger partial charge in [0.1, 0.15) is 5.75 Å². The lowest BCUT2D eigenvalue weighted by Crippen LogP contribution is -2.30. The maximum absolute atomic E-state index is 13.3. The van der Waals surface area contributed by atoms with E-state index >= 15 is 0 Å². The van der Waals surface area contributed by atoms with Crippen LogP contribution in [0.5, 0.6) is 5.75 Å². The minimum Gasteiger partial charge on any atom is -0.497 e. The predicted molar refractivity (Wildman–Crippen MR) is 135 cm³/mol. The molecule has 4 rings (SSSR count). The Morgan fingerprint density at radius 2 is 1.84 bits per heavy atom. The van der Waals surface area contributed by atoms with Crippen LogP contribution in [0.2, 0.25) is 0 Å². The van der Waals surface area contributed by atoms with E-state index in [1.54, 1.807) is 18.9 Å². The second kappa shape index (κ2) is 10.7. The smallest absolute Gasteiger partial charge is 0.229 e. The van der Waals surface area contributed by atoms with Crippen molar-refractivity contribution in [2.24, 2.45) is 0 Å². The minimum atomic E-state index is 0.101. The van der Waals surface area contributed by atoms with E-state index in [0.29, 0.717) is 13.0 Å². The van der Waals surface area contributed by atoms with Gasteiger partial charge < -0.3 is 4.74 Å². The number of carbonyl (C=O) groups is 1. The summed E-state index contributed by atoms with van der Waals surface area (Å²) in [5.41, 5.74) is 3.23. The highest BCUT2D eigenvalue weighted by atomic mass is 32.2. The molecule has 0 spiro atoms. The molecule has 164 valence electrons. The van der Waals surface area contributed by atoms with E-state index in [1.165, 1.54) is 21.8 Å². The molecule has 0 aliphatic rings. The topological polar surface area (TPSA) is 42.4 Å². The number of hydrogen-bond donors (Lipinski definition) is 0. The summed E-state index contributed by atoms with van der Waals surface area (Å²) in [5, 5.41) is 0.730. The van der Waals surface area contributed by atoms with E-state index in [0.717, 1.165) is 38.8 Å². The molecule has 6 heteroatoms. The summed E-state index contributed by atoms with van der Waals surface area (Å²) in [5.74, 6) is 1.80. The van der Waals surface area contributed by atoms with Gasteiger partial charge >= 0.3 is 0 Å². The predicted octanol–water partition coefficient (Wildman–Crippen LogP) is 6.72. The van der Waals surface area contributed by atoms with Gasteiger partial charge in [-0.2, -0.15) is 0 Å². The summed E-state index contributed by atoms with van der Waals surface area (Å²) >= 11 is 3.32. The lowest BCUT2D eigenvalue weighted by Gasteiger charge is -2.20. The van der Waals surface area contributed by atoms with Crippen molar-refractivity contribution in [3.8, 4) is 5.75 Å². The monoisotopic (exact) mass is 462 g/mol. The van der Waals surface area contributed by atoms with Gasteiger partial charge in [0.25, 0.3) is 0 Å². The van der Waals surface area contributed by atoms with Crippen molar-refractivity contribution in [1.29, 1.82) is 0 Å². The number of amides is 1. The van der Waals surface area contributed by atoms with E-state index in [4.69, 9.17) is 9.72 Å². The lowest BCUT2D eigenvalue weighted by atomic mass is 10.2. The molecular weight excluding hydrogens is 436 g/mol. The Balaban J connectivity index is 1.47. The zero-order chi connectivity index (χ0) is 22.3. The number of fused-ring (bicyclic) bond motifs is 1. The third kappa shape index (κ3) is 5.69. The van der Waals surface area contributed by atoms with Crippen molar-refractivity contribution in [3.63, 3.8) is 0 Å². The number of benzene rings is 3. The number of aromatic nitrogens is 1. The van der Waals surface area contributed by atoms with Gasteiger partial charge in [-0.3, -0.25) is 9.69 Å². The third-order valence-corrected chi connectivity index (χ3v) is 7.26. The molecule has 4 aromatic rings. The molecule has 0 aliphatic heterocycles. The van der Waals surface area contributed by atoms with Gasteiger partial charge in [-0.1, -0.05) is 59.4 Å². The Morgan fingerprint density at radius 3 is 2.59 bits per heavy atom. The van der Waals surface area contributed by atoms with Crippen molar-refractivity contribution in [1.82, 2.24) is 4.98 Å². The van der Waals surface area contributed by atoms with Gasteiger partial charge in [0, 0.05) is 11.3 Å². The van der Waals surface area contributed by atoms with E-state index in [-0.39, 0.29) is 5.91 Å². The van der Waals surface area contributed by atoms with Crippen molar-refractivity contribution in [2.45, 2.75) is 31.2 Å². The van der Waals surface area contributed by atoms with Crippen molar-refractivity contribution in [3.05, 3.63) is 83.9 Å². The molecule has 4 nitrogen and oxygen atoms in total. The van der Waals surface area contributed by atoms with Crippen LogP contribution in [0.3, 0.4) is 0 Å². The highest BCUT2D eigenvalue weighted by Crippen LogP contribution is 2.33. The first-order valence-corrected chi connectivity index (χ1v) is 12.4. The van der Waals surface area contributed by atoms with Crippen LogP contribution in [0.1, 0.15) is 24.0 Å². The van der Waals surface area contributed by atoms with Gasteiger partial charge in [0.15, 0.2) is 5.13 Å². The molecule has 3 aromatic carbocycles. The van der Waals surface area contributed by atoms with Crippen LogP contribution in [0.15, 0.2) is 77.7 Å². The molecule has 0 radical (unpaired) electrons. The second-order valence-electron chi connectivity index (χ2n) is 7.56. The van der Waals surface area contributed by atoms with Crippen LogP contribution in [0, 0.1) is 6.92 Å². The lowest BCUT2D eigenvalue weighted by molar-refractivity contribution is -0.118. The quantitative estimate of drug-likeness (QED) is 0.205. The maximum Gasteiger partial charge on any atom is 0.229 e. The average Bonchev–Trinajstić information content (AvgIpc) is 3.25. The van der Waals surface area contributed by atoms with Crippen LogP contribution >= 0.6 is 23.1 Å². The number of methoxy groups -OCH3 is 1. The van der Waals surface area contributed by atoms with Crippen LogP contribution in [-0.2, 0) is 11.3 Å². The number of nitrogens with zero attached hydrogens (tertiary/aromatic N) is 2. The summed E-state index contributed by atoms with van der Waals surface area (Å²) in [7, 11) is 1.66. The Hall–Kier alpha value is -2.83. The molecule has 1 aromatic heterocycles. The molecule has 0 atom stereocenters. The number of anilines is 1. The molecule has 32 heavy (non-hydrogen) atoms. The molecule has 0 unspecified atom stereocenters. The van der Waals surface area contributed by atoms with Gasteiger partial charge in [0.05, 0.1) is 23.9 Å². The summed E-state index contributed by atoms with van der Waals surface area (Å²) in [6, 6.07) is 24.4. The van der Waals surface area contributed by atoms with Crippen LogP contribution in [-0.4, -0.2) is 23.8 Å². The van der Waals surface area contributed by atoms with Gasteiger partial charge in [0.2, 0.25) is 5.91 Å². The highest BCUT2D eigenvalue weighted by molar-refractivity contribution is 7.99. The van der Waals surface area contributed by atoms with Gasteiger partial charge in [-0.25, -0.2) is 4.98 Å². The number of hydrogen-bond acceptors (Lipinski definition) is 5. The van der Waals surface area contributed by atoms with Crippen molar-refractivity contribution < 1.29 is 9.53 Å². The van der Waals surface area contributed by atoms with Crippen molar-refractivity contribution in [2.75, 3.05) is 17.8 Å². The fourth-order valence-electron chi connectivity index (χ4n) is 3.35. The first-order valence-electron chi connectivity index (χ1n) is 10.6. The van der Waals surface area contributed by atoms with Gasteiger partial charge in [-0.15, -0.1) is 11.8 Å². The SMILES string of the molecule is COc1ccc2nc(N(Cc3ccccc3)C(=O)CCCSc3ccc(C)cc3)sc2c1. The zero-order valence-corrected chi connectivity index (χ0v) is 19.9. The molecule has 0 saturated heterocycles. The number of rotatable bonds is 9. The standard InChI is InChI=1S/C26H26N2O2S2/c1-19-10-13-22(14-11-19)31-16-6-9-25(29)28(18-20-7-4-3-5-8-20)26-27-23-15-12-21(30-2)17-24(23)32-26/h3-5,7-8,10-15,17H,6,9,16,18H2,1-2H3. The maximum atomic E-state index is 13.3. The Labute approximate surface area is 197 Å². The molecule has 0 fully saturated rings. The number of ether oxygens (including phenoxy) is 1. The second-order valence-corrected chi connectivity index (χ2v) is 9.74. The zero-order valence-electron chi connectivity index (χ0n) is 18.3. The van der Waals surface area contributed by atoms with Crippen molar-refractivity contribution >= 4 is 44.4 Å². The highest BCUT2D eigenvalue weighted by Gasteiger charge is 2.20. The summed E-state index contributed by atoms with van der Waals surface area (Å²) in [4.78, 5) is 21.1.